The van der Waals surface area contributed by atoms with Crippen molar-refractivity contribution in [1.82, 2.24) is 26.1 Å². The van der Waals surface area contributed by atoms with Gasteiger partial charge in [-0.05, 0) is 51.0 Å². The molecule has 0 fully saturated rings. The Labute approximate surface area is 266 Å². The molecule has 3 aromatic carbocycles. The number of rotatable bonds is 13. The van der Waals surface area contributed by atoms with Crippen molar-refractivity contribution in [2.24, 2.45) is 5.73 Å². The van der Waals surface area contributed by atoms with E-state index < -0.39 is 47.9 Å². The molecule has 0 radical (unpaired) electrons. The number of aliphatic hydroxyl groups is 1. The lowest BCUT2D eigenvalue weighted by molar-refractivity contribution is -0.128. The Bertz CT molecular complexity index is 1690. The Morgan fingerprint density at radius 2 is 1.54 bits per heavy atom. The van der Waals surface area contributed by atoms with Crippen molar-refractivity contribution in [3.8, 4) is 5.75 Å². The molecular formula is C34H38N6O6. The summed E-state index contributed by atoms with van der Waals surface area (Å²) in [6.45, 7) is 5.30. The molecule has 0 aliphatic heterocycles. The van der Waals surface area contributed by atoms with E-state index in [1.807, 2.05) is 51.1 Å². The minimum atomic E-state index is -1.36. The first-order valence-corrected chi connectivity index (χ1v) is 14.8. The SMILES string of the molecule is CC(C)(C)NC(=O)c1ccccc1OC[C@@H](O)[C@H](Cc1ccccc1)NC(=O)[C@H](CC(N)=O)NC(=O)c1cnnc2ccccc12. The summed E-state index contributed by atoms with van der Waals surface area (Å²) in [5.74, 6) is -2.28. The van der Waals surface area contributed by atoms with Crippen molar-refractivity contribution < 1.29 is 29.0 Å². The van der Waals surface area contributed by atoms with Crippen LogP contribution >= 0.6 is 0 Å². The minimum absolute atomic E-state index is 0.163. The van der Waals surface area contributed by atoms with Crippen molar-refractivity contribution in [2.75, 3.05) is 6.61 Å². The van der Waals surface area contributed by atoms with Crippen LogP contribution in [0, 0.1) is 0 Å². The second-order valence-electron chi connectivity index (χ2n) is 11.9. The summed E-state index contributed by atoms with van der Waals surface area (Å²) in [7, 11) is 0. The second kappa shape index (κ2) is 15.1. The van der Waals surface area contributed by atoms with Crippen molar-refractivity contribution in [1.29, 1.82) is 0 Å². The molecule has 0 saturated heterocycles. The molecular weight excluding hydrogens is 588 g/mol. The van der Waals surface area contributed by atoms with Crippen molar-refractivity contribution in [3.05, 3.63) is 102 Å². The Kier molecular flexibility index (Phi) is 11.0. The third-order valence-corrected chi connectivity index (χ3v) is 6.94. The third kappa shape index (κ3) is 9.32. The molecule has 12 heteroatoms. The van der Waals surface area contributed by atoms with Gasteiger partial charge in [0.1, 0.15) is 24.5 Å². The molecule has 0 aliphatic carbocycles. The van der Waals surface area contributed by atoms with Gasteiger partial charge in [-0.15, -0.1) is 0 Å². The van der Waals surface area contributed by atoms with Gasteiger partial charge in [-0.25, -0.2) is 0 Å². The monoisotopic (exact) mass is 626 g/mol. The fraction of sp³-hybridized carbons (Fsp3) is 0.294. The predicted molar refractivity (Wildman–Crippen MR) is 172 cm³/mol. The molecule has 4 amide bonds. The number of hydrogen-bond acceptors (Lipinski definition) is 8. The number of ether oxygens (including phenoxy) is 1. The Morgan fingerprint density at radius 3 is 2.26 bits per heavy atom. The lowest BCUT2D eigenvalue weighted by atomic mass is 10.0. The molecule has 4 aromatic rings. The summed E-state index contributed by atoms with van der Waals surface area (Å²) in [5, 5.41) is 27.9. The molecule has 0 aliphatic rings. The number of aromatic nitrogens is 2. The molecule has 12 nitrogen and oxygen atoms in total. The maximum atomic E-state index is 13.6. The molecule has 1 heterocycles. The predicted octanol–water partition coefficient (Wildman–Crippen LogP) is 2.30. The maximum Gasteiger partial charge on any atom is 0.255 e. The van der Waals surface area contributed by atoms with E-state index >= 15 is 0 Å². The topological polar surface area (TPSA) is 186 Å². The maximum absolute atomic E-state index is 13.6. The largest absolute Gasteiger partial charge is 0.490 e. The molecule has 4 rings (SSSR count). The Morgan fingerprint density at radius 1 is 0.870 bits per heavy atom. The van der Waals surface area contributed by atoms with Crippen LogP contribution in [0.2, 0.25) is 0 Å². The zero-order valence-corrected chi connectivity index (χ0v) is 25.9. The van der Waals surface area contributed by atoms with E-state index in [1.54, 1.807) is 48.5 Å². The van der Waals surface area contributed by atoms with Gasteiger partial charge < -0.3 is 31.5 Å². The van der Waals surface area contributed by atoms with Crippen molar-refractivity contribution >= 4 is 34.5 Å². The lowest BCUT2D eigenvalue weighted by Gasteiger charge is -2.27. The molecule has 0 bridgehead atoms. The van der Waals surface area contributed by atoms with Crippen molar-refractivity contribution in [3.63, 3.8) is 0 Å². The van der Waals surface area contributed by atoms with Crippen LogP contribution in [0.3, 0.4) is 0 Å². The smallest absolute Gasteiger partial charge is 0.255 e. The first kappa shape index (κ1) is 33.5. The Hall–Kier alpha value is -5.36. The number of aliphatic hydroxyl groups excluding tert-OH is 1. The van der Waals surface area contributed by atoms with E-state index in [9.17, 15) is 24.3 Å². The van der Waals surface area contributed by atoms with E-state index in [0.29, 0.717) is 10.9 Å². The number of hydrogen-bond donors (Lipinski definition) is 5. The van der Waals surface area contributed by atoms with Gasteiger partial charge in [0.25, 0.3) is 11.8 Å². The van der Waals surface area contributed by atoms with E-state index in [-0.39, 0.29) is 35.8 Å². The number of nitrogens with one attached hydrogen (secondary N) is 3. The van der Waals surface area contributed by atoms with Gasteiger partial charge in [0, 0.05) is 10.9 Å². The average Bonchev–Trinajstić information content (AvgIpc) is 3.02. The lowest BCUT2D eigenvalue weighted by Crippen LogP contribution is -2.55. The average molecular weight is 627 g/mol. The van der Waals surface area contributed by atoms with E-state index in [2.05, 4.69) is 26.1 Å². The van der Waals surface area contributed by atoms with Crippen LogP contribution in [0.15, 0.2) is 85.1 Å². The van der Waals surface area contributed by atoms with Gasteiger partial charge in [0.15, 0.2) is 0 Å². The highest BCUT2D eigenvalue weighted by Gasteiger charge is 2.30. The van der Waals surface area contributed by atoms with E-state index in [1.165, 1.54) is 6.20 Å². The first-order chi connectivity index (χ1) is 21.9. The number of para-hydroxylation sites is 1. The first-order valence-electron chi connectivity index (χ1n) is 14.8. The molecule has 3 atom stereocenters. The summed E-state index contributed by atoms with van der Waals surface area (Å²) in [5.41, 5.74) is 6.70. The molecule has 240 valence electrons. The summed E-state index contributed by atoms with van der Waals surface area (Å²) < 4.78 is 5.90. The highest BCUT2D eigenvalue weighted by atomic mass is 16.5. The van der Waals surface area contributed by atoms with Crippen LogP contribution in [0.1, 0.15) is 53.5 Å². The summed E-state index contributed by atoms with van der Waals surface area (Å²) in [4.78, 5) is 51.7. The zero-order chi connectivity index (χ0) is 33.3. The van der Waals surface area contributed by atoms with Gasteiger partial charge >= 0.3 is 0 Å². The fourth-order valence-corrected chi connectivity index (χ4v) is 4.75. The number of amides is 4. The number of fused-ring (bicyclic) bond motifs is 1. The highest BCUT2D eigenvalue weighted by Crippen LogP contribution is 2.20. The molecule has 0 unspecified atom stereocenters. The summed E-state index contributed by atoms with van der Waals surface area (Å²) in [6, 6.07) is 20.4. The number of carbonyl (C=O) groups is 4. The van der Waals surface area contributed by atoms with Gasteiger partial charge in [0.05, 0.1) is 35.3 Å². The van der Waals surface area contributed by atoms with Crippen LogP contribution in [0.5, 0.6) is 5.75 Å². The Balaban J connectivity index is 1.53. The van der Waals surface area contributed by atoms with E-state index in [0.717, 1.165) is 5.56 Å². The van der Waals surface area contributed by atoms with Gasteiger partial charge in [0.2, 0.25) is 11.8 Å². The quantitative estimate of drug-likeness (QED) is 0.150. The van der Waals surface area contributed by atoms with E-state index in [4.69, 9.17) is 10.5 Å². The molecule has 0 spiro atoms. The summed E-state index contributed by atoms with van der Waals surface area (Å²) in [6.07, 6.45) is -0.286. The van der Waals surface area contributed by atoms with Crippen LogP contribution in [0.4, 0.5) is 0 Å². The third-order valence-electron chi connectivity index (χ3n) is 6.94. The number of benzene rings is 3. The highest BCUT2D eigenvalue weighted by molar-refractivity contribution is 6.07. The van der Waals surface area contributed by atoms with Gasteiger partial charge in [-0.1, -0.05) is 60.7 Å². The molecule has 46 heavy (non-hydrogen) atoms. The van der Waals surface area contributed by atoms with Gasteiger partial charge in [-0.3, -0.25) is 19.2 Å². The molecule has 0 saturated carbocycles. The normalized spacial score (nSPS) is 13.2. The number of primary amides is 1. The standard InChI is InChI=1S/C34H38N6O6/c1-34(2,3)39-32(44)23-14-8-10-16-29(23)46-20-28(41)26(17-21-11-5-4-6-12-21)37-33(45)27(18-30(35)42)38-31(43)24-19-36-40-25-15-9-7-13-22(24)25/h4-16,19,26-28,41H,17-18,20H2,1-3H3,(H2,35,42)(H,37,45)(H,38,43)(H,39,44)/t26-,27-,28+/m0/s1. The summed E-state index contributed by atoms with van der Waals surface area (Å²) >= 11 is 0. The fourth-order valence-electron chi connectivity index (χ4n) is 4.75. The van der Waals surface area contributed by atoms with Crippen molar-refractivity contribution in [2.45, 2.75) is 57.3 Å². The molecule has 1 aromatic heterocycles. The number of nitrogens with two attached hydrogens (primary N) is 1. The minimum Gasteiger partial charge on any atom is -0.490 e. The van der Waals surface area contributed by atoms with Crippen LogP contribution in [-0.2, 0) is 16.0 Å². The van der Waals surface area contributed by atoms with Crippen LogP contribution in [0.25, 0.3) is 10.9 Å². The number of nitrogens with zero attached hydrogens (tertiary/aromatic N) is 2. The second-order valence-corrected chi connectivity index (χ2v) is 11.9. The molecule has 6 N–H and O–H groups in total. The van der Waals surface area contributed by atoms with Gasteiger partial charge in [-0.2, -0.15) is 10.2 Å². The number of carbonyl (C=O) groups excluding carboxylic acids is 4. The van der Waals surface area contributed by atoms with Crippen LogP contribution in [-0.4, -0.2) is 69.3 Å². The zero-order valence-electron chi connectivity index (χ0n) is 25.9. The van der Waals surface area contributed by atoms with Crippen LogP contribution < -0.4 is 26.4 Å².